The van der Waals surface area contributed by atoms with Crippen LogP contribution < -0.4 is 0 Å². The molecule has 0 nitrogen and oxygen atoms in total. The summed E-state index contributed by atoms with van der Waals surface area (Å²) in [6, 6.07) is 13.4. The Morgan fingerprint density at radius 1 is 0.840 bits per heavy atom. The lowest BCUT2D eigenvalue weighted by molar-refractivity contribution is 0.598. The largest absolute Gasteiger partial charge is 0.207 e. The topological polar surface area (TPSA) is 0 Å². The van der Waals surface area contributed by atoms with Crippen molar-refractivity contribution in [1.29, 1.82) is 0 Å². The Hall–Kier alpha value is -2.51. The summed E-state index contributed by atoms with van der Waals surface area (Å²) in [5.41, 5.74) is 3.62. The summed E-state index contributed by atoms with van der Waals surface area (Å²) in [5.74, 6) is 12.2. The predicted octanol–water partition coefficient (Wildman–Crippen LogP) is 5.91. The van der Waals surface area contributed by atoms with E-state index in [2.05, 4.69) is 30.6 Å². The normalized spacial score (nSPS) is 9.72. The molecule has 0 atom stereocenters. The summed E-state index contributed by atoms with van der Waals surface area (Å²) in [6.07, 6.45) is 5.78. The van der Waals surface area contributed by atoms with Crippen molar-refractivity contribution < 1.29 is 4.39 Å². The number of halogens is 1. The maximum atomic E-state index is 14.1. The lowest BCUT2D eigenvalue weighted by atomic mass is 10.0. The van der Waals surface area contributed by atoms with E-state index < -0.39 is 0 Å². The Morgan fingerprint density at radius 3 is 2.24 bits per heavy atom. The standard InChI is InChI=1S/C24H25F/c1-3-5-7-9-20-11-13-21(14-12-20)15-16-22-17-18-23(24(25)19-22)10-8-6-4-2/h11-14,17-19H,3-4,6,8-10H2,1-2H3. The van der Waals surface area contributed by atoms with Gasteiger partial charge in [-0.2, -0.15) is 0 Å². The van der Waals surface area contributed by atoms with Crippen LogP contribution in [0.2, 0.25) is 0 Å². The van der Waals surface area contributed by atoms with Crippen molar-refractivity contribution >= 4 is 0 Å². The van der Waals surface area contributed by atoms with Gasteiger partial charge in [-0.05, 0) is 48.2 Å². The Labute approximate surface area is 151 Å². The van der Waals surface area contributed by atoms with Crippen LogP contribution in [0.15, 0.2) is 42.5 Å². The minimum absolute atomic E-state index is 0.146. The zero-order valence-corrected chi connectivity index (χ0v) is 15.2. The van der Waals surface area contributed by atoms with Crippen molar-refractivity contribution in [3.63, 3.8) is 0 Å². The number of benzene rings is 2. The van der Waals surface area contributed by atoms with E-state index in [4.69, 9.17) is 0 Å². The fourth-order valence-electron chi connectivity index (χ4n) is 2.53. The third-order valence-electron chi connectivity index (χ3n) is 4.00. The molecule has 1 heteroatoms. The van der Waals surface area contributed by atoms with Crippen LogP contribution in [-0.4, -0.2) is 0 Å². The molecule has 0 saturated carbocycles. The second-order valence-corrected chi connectivity index (χ2v) is 6.09. The average molecular weight is 332 g/mol. The summed E-state index contributed by atoms with van der Waals surface area (Å²) >= 11 is 0. The van der Waals surface area contributed by atoms with Crippen LogP contribution in [0.5, 0.6) is 0 Å². The molecule has 0 bridgehead atoms. The van der Waals surface area contributed by atoms with Gasteiger partial charge in [0.2, 0.25) is 0 Å². The third-order valence-corrected chi connectivity index (χ3v) is 4.00. The molecule has 0 amide bonds. The molecule has 2 rings (SSSR count). The number of hydrogen-bond acceptors (Lipinski definition) is 0. The van der Waals surface area contributed by atoms with Gasteiger partial charge in [0.1, 0.15) is 5.82 Å². The van der Waals surface area contributed by atoms with Gasteiger partial charge in [0.25, 0.3) is 0 Å². The van der Waals surface area contributed by atoms with Crippen LogP contribution in [0.1, 0.15) is 61.8 Å². The van der Waals surface area contributed by atoms with Gasteiger partial charge >= 0.3 is 0 Å². The highest BCUT2D eigenvalue weighted by Gasteiger charge is 2.02. The monoisotopic (exact) mass is 332 g/mol. The van der Waals surface area contributed by atoms with E-state index in [1.54, 1.807) is 6.07 Å². The first-order chi connectivity index (χ1) is 12.2. The van der Waals surface area contributed by atoms with Gasteiger partial charge in [-0.15, -0.1) is 5.92 Å². The van der Waals surface area contributed by atoms with E-state index in [0.717, 1.165) is 55.2 Å². The highest BCUT2D eigenvalue weighted by Crippen LogP contribution is 2.13. The fraction of sp³-hybridized carbons (Fsp3) is 0.333. The van der Waals surface area contributed by atoms with Gasteiger partial charge < -0.3 is 0 Å². The van der Waals surface area contributed by atoms with E-state index in [0.29, 0.717) is 0 Å². The summed E-state index contributed by atoms with van der Waals surface area (Å²) in [7, 11) is 0. The van der Waals surface area contributed by atoms with Gasteiger partial charge in [0.05, 0.1) is 0 Å². The molecule has 128 valence electrons. The average Bonchev–Trinajstić information content (AvgIpc) is 2.63. The van der Waals surface area contributed by atoms with Crippen molar-refractivity contribution in [3.8, 4) is 23.7 Å². The minimum atomic E-state index is -0.146. The van der Waals surface area contributed by atoms with Crippen molar-refractivity contribution in [3.05, 3.63) is 70.5 Å². The first kappa shape index (κ1) is 18.8. The molecule has 0 aliphatic carbocycles. The zero-order chi connectivity index (χ0) is 17.9. The molecular formula is C24H25F. The molecule has 2 aromatic carbocycles. The molecule has 0 unspecified atom stereocenters. The SMILES string of the molecule is CCC#CCc1ccc(C#Cc2ccc(CCCCC)c(F)c2)cc1. The van der Waals surface area contributed by atoms with E-state index in [9.17, 15) is 4.39 Å². The van der Waals surface area contributed by atoms with Crippen LogP contribution >= 0.6 is 0 Å². The smallest absolute Gasteiger partial charge is 0.127 e. The zero-order valence-electron chi connectivity index (χ0n) is 15.2. The van der Waals surface area contributed by atoms with E-state index in [1.807, 2.05) is 43.3 Å². The first-order valence-electron chi connectivity index (χ1n) is 9.08. The van der Waals surface area contributed by atoms with Gasteiger partial charge in [-0.1, -0.05) is 62.6 Å². The summed E-state index contributed by atoms with van der Waals surface area (Å²) in [4.78, 5) is 0. The third kappa shape index (κ3) is 6.48. The maximum Gasteiger partial charge on any atom is 0.127 e. The molecule has 0 N–H and O–H groups in total. The van der Waals surface area contributed by atoms with Gasteiger partial charge in [0.15, 0.2) is 0 Å². The molecule has 25 heavy (non-hydrogen) atoms. The first-order valence-corrected chi connectivity index (χ1v) is 9.08. The lowest BCUT2D eigenvalue weighted by Crippen LogP contribution is -1.92. The second-order valence-electron chi connectivity index (χ2n) is 6.09. The summed E-state index contributed by atoms with van der Waals surface area (Å²) < 4.78 is 14.1. The minimum Gasteiger partial charge on any atom is -0.207 e. The number of rotatable bonds is 5. The quantitative estimate of drug-likeness (QED) is 0.471. The second kappa shape index (κ2) is 10.4. The maximum absolute atomic E-state index is 14.1. The molecular weight excluding hydrogens is 307 g/mol. The fourth-order valence-corrected chi connectivity index (χ4v) is 2.53. The molecule has 0 saturated heterocycles. The molecule has 0 aliphatic rings. The summed E-state index contributed by atoms with van der Waals surface area (Å²) in [5, 5.41) is 0. The number of unbranched alkanes of at least 4 members (excludes halogenated alkanes) is 2. The molecule has 0 aromatic heterocycles. The van der Waals surface area contributed by atoms with Crippen LogP contribution in [-0.2, 0) is 12.8 Å². The predicted molar refractivity (Wildman–Crippen MR) is 104 cm³/mol. The van der Waals surface area contributed by atoms with Crippen molar-refractivity contribution in [2.45, 2.75) is 52.4 Å². The van der Waals surface area contributed by atoms with E-state index >= 15 is 0 Å². The van der Waals surface area contributed by atoms with Gasteiger partial charge in [0, 0.05) is 24.0 Å². The van der Waals surface area contributed by atoms with Gasteiger partial charge in [-0.3, -0.25) is 0 Å². The van der Waals surface area contributed by atoms with Crippen molar-refractivity contribution in [2.24, 2.45) is 0 Å². The molecule has 0 fully saturated rings. The van der Waals surface area contributed by atoms with Crippen LogP contribution in [0.3, 0.4) is 0 Å². The highest BCUT2D eigenvalue weighted by atomic mass is 19.1. The number of hydrogen-bond donors (Lipinski definition) is 0. The molecule has 2 aromatic rings. The Kier molecular flexibility index (Phi) is 7.81. The summed E-state index contributed by atoms with van der Waals surface area (Å²) in [6.45, 7) is 4.20. The Bertz CT molecular complexity index is 792. The number of aryl methyl sites for hydroxylation is 1. The van der Waals surface area contributed by atoms with Crippen molar-refractivity contribution in [1.82, 2.24) is 0 Å². The van der Waals surface area contributed by atoms with Gasteiger partial charge in [-0.25, -0.2) is 4.39 Å². The van der Waals surface area contributed by atoms with Crippen LogP contribution in [0.4, 0.5) is 4.39 Å². The molecule has 0 spiro atoms. The van der Waals surface area contributed by atoms with E-state index in [1.165, 1.54) is 5.56 Å². The molecule has 0 heterocycles. The van der Waals surface area contributed by atoms with Crippen LogP contribution in [0.25, 0.3) is 0 Å². The Morgan fingerprint density at radius 2 is 1.56 bits per heavy atom. The molecule has 0 radical (unpaired) electrons. The van der Waals surface area contributed by atoms with Crippen LogP contribution in [0, 0.1) is 29.5 Å². The Balaban J connectivity index is 2.01. The van der Waals surface area contributed by atoms with E-state index in [-0.39, 0.29) is 5.82 Å². The lowest BCUT2D eigenvalue weighted by Gasteiger charge is -2.03. The highest BCUT2D eigenvalue weighted by molar-refractivity contribution is 5.44. The molecule has 0 aliphatic heterocycles. The van der Waals surface area contributed by atoms with Crippen molar-refractivity contribution in [2.75, 3.05) is 0 Å².